The Labute approximate surface area is 90.1 Å². The molecule has 2 N–H and O–H groups in total. The smallest absolute Gasteiger partial charge is 0.405 e. The molecule has 80 valence electrons. The second-order valence-electron chi connectivity index (χ2n) is 2.91. The van der Waals surface area contributed by atoms with E-state index in [1.165, 1.54) is 4.52 Å². The van der Waals surface area contributed by atoms with Gasteiger partial charge in [0.1, 0.15) is 5.69 Å². The maximum atomic E-state index is 10.3. The molecule has 2 heterocycles. The molecule has 0 saturated carbocycles. The topological polar surface area (TPSA) is 92.4 Å². The third-order valence-electron chi connectivity index (χ3n) is 1.87. The van der Waals surface area contributed by atoms with Gasteiger partial charge in [0.2, 0.25) is 0 Å². The van der Waals surface area contributed by atoms with Crippen LogP contribution in [0.1, 0.15) is 11.5 Å². The number of nitrogens with zero attached hydrogens (tertiary/aromatic N) is 4. The minimum Gasteiger partial charge on any atom is -0.465 e. The molecule has 0 bridgehead atoms. The van der Waals surface area contributed by atoms with E-state index in [0.29, 0.717) is 17.2 Å². The van der Waals surface area contributed by atoms with Crippen molar-refractivity contribution in [3.63, 3.8) is 0 Å². The number of fused-ring (bicyclic) bond motifs is 1. The van der Waals surface area contributed by atoms with Crippen LogP contribution in [-0.2, 0) is 6.54 Å². The third kappa shape index (κ3) is 1.76. The number of hydrogen-bond acceptors (Lipinski definition) is 4. The number of aromatic nitrogens is 4. The van der Waals surface area contributed by atoms with Gasteiger partial charge >= 0.3 is 6.09 Å². The zero-order valence-corrected chi connectivity index (χ0v) is 8.08. The van der Waals surface area contributed by atoms with Crippen LogP contribution in [0.4, 0.5) is 4.79 Å². The third-order valence-corrected chi connectivity index (χ3v) is 1.87. The summed E-state index contributed by atoms with van der Waals surface area (Å²) in [6.45, 7) is 0.0253. The second-order valence-corrected chi connectivity index (χ2v) is 2.91. The van der Waals surface area contributed by atoms with Gasteiger partial charge in [-0.2, -0.15) is 9.61 Å². The average Bonchev–Trinajstić information content (AvgIpc) is 2.68. The Balaban J connectivity index is 2.39. The molecule has 0 aliphatic rings. The molecule has 0 spiro atoms. The van der Waals surface area contributed by atoms with Crippen molar-refractivity contribution in [2.45, 2.75) is 6.54 Å². The number of carbonyl (C=O) groups is 1. The van der Waals surface area contributed by atoms with Crippen molar-refractivity contribution in [3.8, 4) is 12.3 Å². The minimum atomic E-state index is -1.13. The molecule has 0 atom stereocenters. The fourth-order valence-electron chi connectivity index (χ4n) is 1.18. The number of nitrogens with one attached hydrogen (secondary N) is 1. The summed E-state index contributed by atoms with van der Waals surface area (Å²) >= 11 is 0. The number of amides is 1. The van der Waals surface area contributed by atoms with Crippen molar-refractivity contribution in [1.29, 1.82) is 0 Å². The van der Waals surface area contributed by atoms with E-state index in [4.69, 9.17) is 11.5 Å². The molecule has 7 nitrogen and oxygen atoms in total. The lowest BCUT2D eigenvalue weighted by molar-refractivity contribution is 0.193. The number of hydrogen-bond donors (Lipinski definition) is 2. The van der Waals surface area contributed by atoms with Gasteiger partial charge in [-0.15, -0.1) is 16.6 Å². The van der Waals surface area contributed by atoms with E-state index in [-0.39, 0.29) is 6.54 Å². The van der Waals surface area contributed by atoms with Gasteiger partial charge in [-0.25, -0.2) is 4.79 Å². The Kier molecular flexibility index (Phi) is 2.39. The SMILES string of the molecule is C#Cc1ccc2nnc(CNC(=O)O)n2n1. The zero-order chi connectivity index (χ0) is 11.5. The quantitative estimate of drug-likeness (QED) is 0.684. The van der Waals surface area contributed by atoms with Gasteiger partial charge < -0.3 is 10.4 Å². The maximum Gasteiger partial charge on any atom is 0.405 e. The van der Waals surface area contributed by atoms with Crippen LogP contribution in [0.5, 0.6) is 0 Å². The molecule has 0 aromatic carbocycles. The van der Waals surface area contributed by atoms with Crippen molar-refractivity contribution >= 4 is 11.7 Å². The molecule has 1 amide bonds. The molecule has 0 aliphatic heterocycles. The number of rotatable bonds is 2. The fraction of sp³-hybridized carbons (Fsp3) is 0.111. The zero-order valence-electron chi connectivity index (χ0n) is 8.08. The van der Waals surface area contributed by atoms with Crippen molar-refractivity contribution in [2.24, 2.45) is 0 Å². The van der Waals surface area contributed by atoms with Crippen LogP contribution in [0.3, 0.4) is 0 Å². The van der Waals surface area contributed by atoms with E-state index >= 15 is 0 Å². The van der Waals surface area contributed by atoms with E-state index in [1.807, 2.05) is 0 Å². The van der Waals surface area contributed by atoms with Gasteiger partial charge in [0, 0.05) is 0 Å². The van der Waals surface area contributed by atoms with Crippen LogP contribution in [0, 0.1) is 12.3 Å². The summed E-state index contributed by atoms with van der Waals surface area (Å²) in [5, 5.41) is 22.3. The standard InChI is InChI=1S/C9H7N5O2/c1-2-6-3-4-7-11-12-8(14(7)13-6)5-10-9(15)16/h1,3-4,10H,5H2,(H,15,16). The summed E-state index contributed by atoms with van der Waals surface area (Å²) in [6, 6.07) is 3.30. The van der Waals surface area contributed by atoms with Crippen LogP contribution in [-0.4, -0.2) is 31.0 Å². The van der Waals surface area contributed by atoms with Crippen LogP contribution in [0.2, 0.25) is 0 Å². The largest absolute Gasteiger partial charge is 0.465 e. The first-order chi connectivity index (χ1) is 7.70. The van der Waals surface area contributed by atoms with Crippen LogP contribution in [0.25, 0.3) is 5.65 Å². The first-order valence-corrected chi connectivity index (χ1v) is 4.35. The number of carboxylic acid groups (broad SMARTS) is 1. The van der Waals surface area contributed by atoms with Gasteiger partial charge in [-0.05, 0) is 18.1 Å². The van der Waals surface area contributed by atoms with Crippen molar-refractivity contribution in [3.05, 3.63) is 23.7 Å². The molecule has 0 unspecified atom stereocenters. The highest BCUT2D eigenvalue weighted by Crippen LogP contribution is 2.02. The summed E-state index contributed by atoms with van der Waals surface area (Å²) in [6.07, 6.45) is 4.07. The van der Waals surface area contributed by atoms with Gasteiger partial charge in [-0.1, -0.05) is 0 Å². The monoisotopic (exact) mass is 217 g/mol. The van der Waals surface area contributed by atoms with Gasteiger partial charge in [0.25, 0.3) is 0 Å². The summed E-state index contributed by atoms with van der Waals surface area (Å²) in [4.78, 5) is 10.3. The Bertz CT molecular complexity index is 583. The molecule has 0 fully saturated rings. The predicted octanol–water partition coefficient (Wildman–Crippen LogP) is -0.127. The summed E-state index contributed by atoms with van der Waals surface area (Å²) in [5.74, 6) is 2.76. The van der Waals surface area contributed by atoms with Crippen molar-refractivity contribution in [2.75, 3.05) is 0 Å². The maximum absolute atomic E-state index is 10.3. The highest BCUT2D eigenvalue weighted by molar-refractivity contribution is 5.64. The van der Waals surface area contributed by atoms with Crippen molar-refractivity contribution < 1.29 is 9.90 Å². The normalized spacial score (nSPS) is 9.94. The van der Waals surface area contributed by atoms with Gasteiger partial charge in [0.15, 0.2) is 11.5 Å². The first kappa shape index (κ1) is 9.92. The molecule has 0 aliphatic carbocycles. The lowest BCUT2D eigenvalue weighted by Gasteiger charge is -1.99. The Morgan fingerprint density at radius 3 is 3.06 bits per heavy atom. The Morgan fingerprint density at radius 2 is 2.38 bits per heavy atom. The molecule has 2 rings (SSSR count). The number of terminal acetylenes is 1. The lowest BCUT2D eigenvalue weighted by Crippen LogP contribution is -2.21. The summed E-state index contributed by atoms with van der Waals surface area (Å²) in [7, 11) is 0. The molecule has 16 heavy (non-hydrogen) atoms. The molecule has 7 heteroatoms. The van der Waals surface area contributed by atoms with E-state index in [9.17, 15) is 4.79 Å². The second kappa shape index (κ2) is 3.86. The molecular formula is C9H7N5O2. The average molecular weight is 217 g/mol. The van der Waals surface area contributed by atoms with Gasteiger partial charge in [-0.3, -0.25) is 0 Å². The summed E-state index contributed by atoms with van der Waals surface area (Å²) < 4.78 is 1.41. The van der Waals surface area contributed by atoms with E-state index < -0.39 is 6.09 Å². The summed E-state index contributed by atoms with van der Waals surface area (Å²) in [5.41, 5.74) is 0.949. The molecule has 2 aromatic rings. The molecular weight excluding hydrogens is 210 g/mol. The van der Waals surface area contributed by atoms with E-state index in [2.05, 4.69) is 26.5 Å². The lowest BCUT2D eigenvalue weighted by atomic mass is 10.4. The Morgan fingerprint density at radius 1 is 1.56 bits per heavy atom. The molecule has 0 saturated heterocycles. The molecule has 2 aromatic heterocycles. The van der Waals surface area contributed by atoms with Crippen LogP contribution < -0.4 is 5.32 Å². The highest BCUT2D eigenvalue weighted by Gasteiger charge is 2.07. The minimum absolute atomic E-state index is 0.0253. The van der Waals surface area contributed by atoms with E-state index in [0.717, 1.165) is 0 Å². The predicted molar refractivity (Wildman–Crippen MR) is 53.6 cm³/mol. The fourth-order valence-corrected chi connectivity index (χ4v) is 1.18. The van der Waals surface area contributed by atoms with Crippen molar-refractivity contribution in [1.82, 2.24) is 25.1 Å². The highest BCUT2D eigenvalue weighted by atomic mass is 16.4. The van der Waals surface area contributed by atoms with Gasteiger partial charge in [0.05, 0.1) is 6.54 Å². The van der Waals surface area contributed by atoms with E-state index in [1.54, 1.807) is 12.1 Å². The Hall–Kier alpha value is -2.62. The van der Waals surface area contributed by atoms with Crippen LogP contribution >= 0.6 is 0 Å². The first-order valence-electron chi connectivity index (χ1n) is 4.35. The van der Waals surface area contributed by atoms with Crippen LogP contribution in [0.15, 0.2) is 12.1 Å². The molecule has 0 radical (unpaired) electrons.